The summed E-state index contributed by atoms with van der Waals surface area (Å²) in [7, 11) is 0. The molecule has 0 saturated heterocycles. The lowest BCUT2D eigenvalue weighted by molar-refractivity contribution is 1.11. The van der Waals surface area contributed by atoms with Crippen LogP contribution in [0.2, 0.25) is 0 Å². The molecular formula is C9H11NS. The molecule has 0 spiro atoms. The third kappa shape index (κ3) is 1.02. The molecule has 1 aromatic rings. The monoisotopic (exact) mass is 165 g/mol. The van der Waals surface area contributed by atoms with E-state index in [-0.39, 0.29) is 0 Å². The van der Waals surface area contributed by atoms with Crippen molar-refractivity contribution in [1.82, 2.24) is 0 Å². The summed E-state index contributed by atoms with van der Waals surface area (Å²) in [6, 6.07) is 4.14. The average Bonchev–Trinajstić information content (AvgIpc) is 2.45. The van der Waals surface area contributed by atoms with E-state index in [1.54, 1.807) is 0 Å². The summed E-state index contributed by atoms with van der Waals surface area (Å²) < 4.78 is 0. The number of thioether (sulfide) groups is 1. The molecule has 0 aromatic heterocycles. The van der Waals surface area contributed by atoms with Gasteiger partial charge in [-0.1, -0.05) is 0 Å². The van der Waals surface area contributed by atoms with Crippen LogP contribution >= 0.6 is 11.8 Å². The van der Waals surface area contributed by atoms with Crippen LogP contribution in [0, 0.1) is 6.92 Å². The Morgan fingerprint density at radius 2 is 2.27 bits per heavy atom. The molecule has 58 valence electrons. The van der Waals surface area contributed by atoms with Crippen molar-refractivity contribution in [2.24, 2.45) is 0 Å². The molecule has 0 saturated carbocycles. The van der Waals surface area contributed by atoms with Crippen LogP contribution in [0.25, 0.3) is 0 Å². The Kier molecular flexibility index (Phi) is 1.57. The van der Waals surface area contributed by atoms with Crippen molar-refractivity contribution in [3.63, 3.8) is 0 Å². The molecule has 1 aliphatic heterocycles. The van der Waals surface area contributed by atoms with Crippen LogP contribution in [-0.4, -0.2) is 5.75 Å². The molecule has 1 heterocycles. The van der Waals surface area contributed by atoms with Gasteiger partial charge >= 0.3 is 0 Å². The molecule has 0 aliphatic carbocycles. The normalized spacial score (nSPS) is 15.0. The Labute approximate surface area is 71.0 Å². The molecule has 1 aromatic carbocycles. The minimum Gasteiger partial charge on any atom is -0.399 e. The lowest BCUT2D eigenvalue weighted by Crippen LogP contribution is -1.94. The van der Waals surface area contributed by atoms with Gasteiger partial charge in [0.1, 0.15) is 0 Å². The van der Waals surface area contributed by atoms with Gasteiger partial charge in [-0.05, 0) is 36.6 Å². The molecule has 1 nitrogen and oxygen atoms in total. The Balaban J connectivity index is 2.62. The van der Waals surface area contributed by atoms with Crippen LogP contribution < -0.4 is 5.73 Å². The number of fused-ring (bicyclic) bond motifs is 1. The van der Waals surface area contributed by atoms with Gasteiger partial charge in [-0.15, -0.1) is 11.8 Å². The molecule has 0 amide bonds. The molecule has 0 unspecified atom stereocenters. The van der Waals surface area contributed by atoms with Crippen LogP contribution in [-0.2, 0) is 6.42 Å². The number of hydrogen-bond donors (Lipinski definition) is 1. The van der Waals surface area contributed by atoms with Crippen molar-refractivity contribution in [2.45, 2.75) is 18.2 Å². The lowest BCUT2D eigenvalue weighted by Gasteiger charge is -2.05. The SMILES string of the molecule is Cc1c(N)ccc2c1CCS2. The Hall–Kier alpha value is -0.630. The standard InChI is InChI=1S/C9H11NS/c1-6-7-4-5-11-9(7)3-2-8(6)10/h2-3H,4-5,10H2,1H3. The Bertz CT molecular complexity index is 294. The van der Waals surface area contributed by atoms with Gasteiger partial charge in [0, 0.05) is 16.3 Å². The van der Waals surface area contributed by atoms with Crippen molar-refractivity contribution in [2.75, 3.05) is 11.5 Å². The van der Waals surface area contributed by atoms with E-state index in [1.807, 2.05) is 17.8 Å². The van der Waals surface area contributed by atoms with E-state index >= 15 is 0 Å². The maximum atomic E-state index is 5.78. The molecule has 0 fully saturated rings. The topological polar surface area (TPSA) is 26.0 Å². The van der Waals surface area contributed by atoms with Crippen molar-refractivity contribution < 1.29 is 0 Å². The molecule has 0 atom stereocenters. The predicted molar refractivity (Wildman–Crippen MR) is 50.0 cm³/mol. The second kappa shape index (κ2) is 2.45. The minimum atomic E-state index is 0.936. The first kappa shape index (κ1) is 7.04. The second-order valence-electron chi connectivity index (χ2n) is 2.85. The highest BCUT2D eigenvalue weighted by molar-refractivity contribution is 7.99. The van der Waals surface area contributed by atoms with E-state index in [0.717, 1.165) is 5.69 Å². The van der Waals surface area contributed by atoms with Gasteiger partial charge in [0.25, 0.3) is 0 Å². The molecular weight excluding hydrogens is 154 g/mol. The summed E-state index contributed by atoms with van der Waals surface area (Å²) >= 11 is 1.94. The molecule has 1 aliphatic rings. The fraction of sp³-hybridized carbons (Fsp3) is 0.333. The van der Waals surface area contributed by atoms with Gasteiger partial charge in [-0.3, -0.25) is 0 Å². The van der Waals surface area contributed by atoms with Gasteiger partial charge in [-0.25, -0.2) is 0 Å². The zero-order valence-corrected chi connectivity index (χ0v) is 7.37. The first-order chi connectivity index (χ1) is 5.29. The highest BCUT2D eigenvalue weighted by atomic mass is 32.2. The van der Waals surface area contributed by atoms with Gasteiger partial charge in [0.2, 0.25) is 0 Å². The molecule has 2 heteroatoms. The number of hydrogen-bond acceptors (Lipinski definition) is 2. The minimum absolute atomic E-state index is 0.936. The molecule has 2 N–H and O–H groups in total. The van der Waals surface area contributed by atoms with E-state index in [0.29, 0.717) is 0 Å². The summed E-state index contributed by atoms with van der Waals surface area (Å²) in [6.45, 7) is 2.11. The molecule has 11 heavy (non-hydrogen) atoms. The summed E-state index contributed by atoms with van der Waals surface area (Å²) in [5, 5.41) is 0. The van der Waals surface area contributed by atoms with Crippen LogP contribution in [0.15, 0.2) is 17.0 Å². The third-order valence-electron chi connectivity index (χ3n) is 2.21. The van der Waals surface area contributed by atoms with Crippen LogP contribution in [0.4, 0.5) is 5.69 Å². The Morgan fingerprint density at radius 3 is 3.09 bits per heavy atom. The number of benzene rings is 1. The van der Waals surface area contributed by atoms with Crippen molar-refractivity contribution in [3.8, 4) is 0 Å². The predicted octanol–water partition coefficient (Wildman–Crippen LogP) is 2.23. The highest BCUT2D eigenvalue weighted by Gasteiger charge is 2.14. The fourth-order valence-electron chi connectivity index (χ4n) is 1.46. The van der Waals surface area contributed by atoms with Gasteiger partial charge in [-0.2, -0.15) is 0 Å². The summed E-state index contributed by atoms with van der Waals surface area (Å²) in [4.78, 5) is 1.43. The van der Waals surface area contributed by atoms with E-state index < -0.39 is 0 Å². The smallest absolute Gasteiger partial charge is 0.0347 e. The number of anilines is 1. The third-order valence-corrected chi connectivity index (χ3v) is 3.31. The van der Waals surface area contributed by atoms with Crippen molar-refractivity contribution >= 4 is 17.4 Å². The second-order valence-corrected chi connectivity index (χ2v) is 3.99. The van der Waals surface area contributed by atoms with Crippen molar-refractivity contribution in [1.29, 1.82) is 0 Å². The molecule has 0 bridgehead atoms. The maximum absolute atomic E-state index is 5.78. The van der Waals surface area contributed by atoms with Crippen LogP contribution in [0.1, 0.15) is 11.1 Å². The quantitative estimate of drug-likeness (QED) is 0.596. The first-order valence-electron chi connectivity index (χ1n) is 3.80. The average molecular weight is 165 g/mol. The van der Waals surface area contributed by atoms with E-state index in [9.17, 15) is 0 Å². The van der Waals surface area contributed by atoms with Gasteiger partial charge in [0.15, 0.2) is 0 Å². The Morgan fingerprint density at radius 1 is 1.45 bits per heavy atom. The maximum Gasteiger partial charge on any atom is 0.0347 e. The summed E-state index contributed by atoms with van der Waals surface area (Å²) in [5.74, 6) is 1.22. The van der Waals surface area contributed by atoms with E-state index in [1.165, 1.54) is 28.2 Å². The summed E-state index contributed by atoms with van der Waals surface area (Å²) in [6.07, 6.45) is 1.19. The van der Waals surface area contributed by atoms with Gasteiger partial charge < -0.3 is 5.73 Å². The summed E-state index contributed by atoms with van der Waals surface area (Å²) in [5.41, 5.74) is 9.47. The van der Waals surface area contributed by atoms with E-state index in [4.69, 9.17) is 5.73 Å². The van der Waals surface area contributed by atoms with E-state index in [2.05, 4.69) is 13.0 Å². The highest BCUT2D eigenvalue weighted by Crippen LogP contribution is 2.35. The van der Waals surface area contributed by atoms with Crippen molar-refractivity contribution in [3.05, 3.63) is 23.3 Å². The zero-order chi connectivity index (χ0) is 7.84. The van der Waals surface area contributed by atoms with Gasteiger partial charge in [0.05, 0.1) is 0 Å². The first-order valence-corrected chi connectivity index (χ1v) is 4.78. The fourth-order valence-corrected chi connectivity index (χ4v) is 2.58. The number of nitrogen functional groups attached to an aromatic ring is 1. The van der Waals surface area contributed by atoms with Crippen LogP contribution in [0.3, 0.4) is 0 Å². The largest absolute Gasteiger partial charge is 0.399 e. The van der Waals surface area contributed by atoms with Crippen LogP contribution in [0.5, 0.6) is 0 Å². The molecule has 2 rings (SSSR count). The zero-order valence-electron chi connectivity index (χ0n) is 6.55. The molecule has 0 radical (unpaired) electrons. The number of nitrogens with two attached hydrogens (primary N) is 1. The lowest BCUT2D eigenvalue weighted by atomic mass is 10.1. The number of rotatable bonds is 0.